The molecule has 9 nitrogen and oxygen atoms in total. The van der Waals surface area contributed by atoms with E-state index >= 15 is 0 Å². The molecule has 114 valence electrons. The summed E-state index contributed by atoms with van der Waals surface area (Å²) >= 11 is 0. The van der Waals surface area contributed by atoms with Crippen molar-refractivity contribution in [1.29, 1.82) is 0 Å². The van der Waals surface area contributed by atoms with E-state index < -0.39 is 32.4 Å². The second-order valence-electron chi connectivity index (χ2n) is 4.57. The molecule has 21 heavy (non-hydrogen) atoms. The Bertz CT molecular complexity index is 677. The van der Waals surface area contributed by atoms with Crippen LogP contribution in [0.2, 0.25) is 0 Å². The maximum Gasteiger partial charge on any atom is 0.312 e. The number of nitro benzene ring substituents is 1. The Morgan fingerprint density at radius 1 is 1.43 bits per heavy atom. The topological polar surface area (TPSA) is 139 Å². The lowest BCUT2D eigenvalue weighted by Gasteiger charge is -2.23. The number of benzene rings is 1. The van der Waals surface area contributed by atoms with Crippen LogP contribution in [0.15, 0.2) is 23.1 Å². The van der Waals surface area contributed by atoms with E-state index in [9.17, 15) is 28.4 Å². The first kappa shape index (κ1) is 15.2. The Balaban J connectivity index is 2.21. The minimum atomic E-state index is -3.97. The van der Waals surface area contributed by atoms with Crippen LogP contribution in [0, 0.1) is 10.1 Å². The van der Waals surface area contributed by atoms with Gasteiger partial charge >= 0.3 is 5.69 Å². The van der Waals surface area contributed by atoms with E-state index in [0.717, 1.165) is 18.2 Å². The second-order valence-corrected chi connectivity index (χ2v) is 6.28. The number of amides is 1. The highest BCUT2D eigenvalue weighted by Crippen LogP contribution is 2.28. The smallest absolute Gasteiger partial charge is 0.312 e. The van der Waals surface area contributed by atoms with Crippen LogP contribution in [0.4, 0.5) is 5.69 Å². The maximum absolute atomic E-state index is 12.1. The van der Waals surface area contributed by atoms with Gasteiger partial charge in [-0.2, -0.15) is 0 Å². The number of hydrogen-bond donors (Lipinski definition) is 3. The summed E-state index contributed by atoms with van der Waals surface area (Å²) in [5, 5.41) is 22.6. The first-order valence-electron chi connectivity index (χ1n) is 6.06. The lowest BCUT2D eigenvalue weighted by molar-refractivity contribution is -0.386. The third-order valence-electron chi connectivity index (χ3n) is 3.04. The van der Waals surface area contributed by atoms with Crippen LogP contribution in [0.3, 0.4) is 0 Å². The van der Waals surface area contributed by atoms with Crippen LogP contribution >= 0.6 is 0 Å². The van der Waals surface area contributed by atoms with Crippen molar-refractivity contribution in [2.24, 2.45) is 0 Å². The highest BCUT2D eigenvalue weighted by molar-refractivity contribution is 7.89. The van der Waals surface area contributed by atoms with E-state index in [4.69, 9.17) is 0 Å². The minimum absolute atomic E-state index is 0.147. The maximum atomic E-state index is 12.1. The number of carbonyl (C=O) groups excluding carboxylic acids is 1. The van der Waals surface area contributed by atoms with Gasteiger partial charge in [-0.05, 0) is 18.6 Å². The number of aromatic hydroxyl groups is 1. The summed E-state index contributed by atoms with van der Waals surface area (Å²) in [6, 6.07) is 2.35. The van der Waals surface area contributed by atoms with Gasteiger partial charge in [0.2, 0.25) is 15.9 Å². The van der Waals surface area contributed by atoms with E-state index in [1.165, 1.54) is 0 Å². The summed E-state index contributed by atoms with van der Waals surface area (Å²) in [4.78, 5) is 20.5. The molecule has 1 aliphatic heterocycles. The number of nitro groups is 1. The quantitative estimate of drug-likeness (QED) is 0.522. The number of carbonyl (C=O) groups is 1. The van der Waals surface area contributed by atoms with Crippen molar-refractivity contribution in [3.63, 3.8) is 0 Å². The van der Waals surface area contributed by atoms with Gasteiger partial charge < -0.3 is 10.4 Å². The van der Waals surface area contributed by atoms with E-state index in [1.54, 1.807) is 0 Å². The summed E-state index contributed by atoms with van der Waals surface area (Å²) in [6.45, 7) is 0.165. The molecule has 0 radical (unpaired) electrons. The first-order valence-corrected chi connectivity index (χ1v) is 7.54. The van der Waals surface area contributed by atoms with Crippen molar-refractivity contribution in [3.05, 3.63) is 28.3 Å². The van der Waals surface area contributed by atoms with Crippen LogP contribution in [0.5, 0.6) is 5.75 Å². The fraction of sp³-hybridized carbons (Fsp3) is 0.364. The van der Waals surface area contributed by atoms with Crippen molar-refractivity contribution < 1.29 is 23.2 Å². The number of hydrogen-bond acceptors (Lipinski definition) is 6. The van der Waals surface area contributed by atoms with Gasteiger partial charge in [0, 0.05) is 25.1 Å². The number of piperidine rings is 1. The molecule has 2 rings (SSSR count). The molecule has 1 heterocycles. The highest BCUT2D eigenvalue weighted by atomic mass is 32.2. The van der Waals surface area contributed by atoms with Crippen LogP contribution in [-0.2, 0) is 14.8 Å². The summed E-state index contributed by atoms with van der Waals surface area (Å²) < 4.78 is 26.7. The number of phenolic OH excluding ortho intramolecular Hbond substituents is 1. The van der Waals surface area contributed by atoms with Gasteiger partial charge in [0.25, 0.3) is 0 Å². The lowest BCUT2D eigenvalue weighted by Crippen LogP contribution is -2.47. The molecule has 0 aliphatic carbocycles. The van der Waals surface area contributed by atoms with Crippen LogP contribution < -0.4 is 10.0 Å². The molecule has 3 N–H and O–H groups in total. The Morgan fingerprint density at radius 3 is 2.71 bits per heavy atom. The van der Waals surface area contributed by atoms with Gasteiger partial charge in [-0.25, -0.2) is 13.1 Å². The third-order valence-corrected chi connectivity index (χ3v) is 4.56. The zero-order valence-electron chi connectivity index (χ0n) is 10.8. The van der Waals surface area contributed by atoms with Gasteiger partial charge in [-0.15, -0.1) is 0 Å². The van der Waals surface area contributed by atoms with Crippen LogP contribution in [0.25, 0.3) is 0 Å². The Labute approximate surface area is 120 Å². The van der Waals surface area contributed by atoms with Crippen molar-refractivity contribution in [2.75, 3.05) is 6.54 Å². The minimum Gasteiger partial charge on any atom is -0.502 e. The predicted molar refractivity (Wildman–Crippen MR) is 71.1 cm³/mol. The number of sulfonamides is 1. The standard InChI is InChI=1S/C11H13N3O6S/c15-10-3-2-8(5-9(10)14(17)18)21(19,20)13-7-1-4-11(16)12-6-7/h2-3,5,7,13,15H,1,4,6H2,(H,12,16). The van der Waals surface area contributed by atoms with E-state index in [1.807, 2.05) is 0 Å². The van der Waals surface area contributed by atoms with Gasteiger partial charge in [-0.3, -0.25) is 14.9 Å². The molecule has 0 spiro atoms. The summed E-state index contributed by atoms with van der Waals surface area (Å²) in [5.74, 6) is -0.755. The molecule has 0 aromatic heterocycles. The average molecular weight is 315 g/mol. The number of rotatable bonds is 4. The monoisotopic (exact) mass is 315 g/mol. The predicted octanol–water partition coefficient (Wildman–Crippen LogP) is -0.143. The SMILES string of the molecule is O=C1CCC(NS(=O)(=O)c2ccc(O)c([N+](=O)[O-])c2)CN1. The Morgan fingerprint density at radius 2 is 2.14 bits per heavy atom. The summed E-state index contributed by atoms with van der Waals surface area (Å²) in [5.41, 5.74) is -0.685. The Hall–Kier alpha value is -2.20. The average Bonchev–Trinajstić information content (AvgIpc) is 2.41. The molecule has 1 aromatic carbocycles. The van der Waals surface area contributed by atoms with Crippen LogP contribution in [0.1, 0.15) is 12.8 Å². The molecule has 1 fully saturated rings. The molecular formula is C11H13N3O6S. The molecule has 1 aromatic rings. The molecule has 10 heteroatoms. The van der Waals surface area contributed by atoms with Gasteiger partial charge in [0.05, 0.1) is 9.82 Å². The molecule has 1 amide bonds. The molecular weight excluding hydrogens is 302 g/mol. The zero-order valence-corrected chi connectivity index (χ0v) is 11.6. The van der Waals surface area contributed by atoms with E-state index in [-0.39, 0.29) is 23.8 Å². The first-order chi connectivity index (χ1) is 9.79. The van der Waals surface area contributed by atoms with Gasteiger partial charge in [0.1, 0.15) is 0 Å². The zero-order chi connectivity index (χ0) is 15.6. The molecule has 1 saturated heterocycles. The molecule has 1 aliphatic rings. The lowest BCUT2D eigenvalue weighted by atomic mass is 10.1. The highest BCUT2D eigenvalue weighted by Gasteiger charge is 2.26. The third kappa shape index (κ3) is 3.47. The summed E-state index contributed by atoms with van der Waals surface area (Å²) in [6.07, 6.45) is 0.564. The van der Waals surface area contributed by atoms with Crippen molar-refractivity contribution in [1.82, 2.24) is 10.0 Å². The van der Waals surface area contributed by atoms with E-state index in [0.29, 0.717) is 6.42 Å². The molecule has 1 atom stereocenters. The van der Waals surface area contributed by atoms with Crippen molar-refractivity contribution >= 4 is 21.6 Å². The van der Waals surface area contributed by atoms with Gasteiger partial charge in [-0.1, -0.05) is 0 Å². The molecule has 0 saturated carbocycles. The second kappa shape index (κ2) is 5.66. The number of nitrogens with zero attached hydrogens (tertiary/aromatic N) is 1. The fourth-order valence-corrected chi connectivity index (χ4v) is 3.23. The molecule has 0 bridgehead atoms. The van der Waals surface area contributed by atoms with E-state index in [2.05, 4.69) is 10.0 Å². The molecule has 1 unspecified atom stereocenters. The van der Waals surface area contributed by atoms with Crippen molar-refractivity contribution in [2.45, 2.75) is 23.8 Å². The van der Waals surface area contributed by atoms with Crippen LogP contribution in [-0.4, -0.2) is 36.9 Å². The summed E-state index contributed by atoms with van der Waals surface area (Å²) in [7, 11) is -3.97. The normalized spacial score (nSPS) is 19.0. The van der Waals surface area contributed by atoms with Gasteiger partial charge in [0.15, 0.2) is 5.75 Å². The largest absolute Gasteiger partial charge is 0.502 e. The van der Waals surface area contributed by atoms with Crippen molar-refractivity contribution in [3.8, 4) is 5.75 Å². The fourth-order valence-electron chi connectivity index (χ4n) is 1.94. The number of nitrogens with one attached hydrogen (secondary N) is 2. The number of phenols is 1. The Kier molecular flexibility index (Phi) is 4.09.